The molecule has 1 aliphatic rings. The summed E-state index contributed by atoms with van der Waals surface area (Å²) in [6, 6.07) is 6.78. The number of rotatable bonds is 4. The summed E-state index contributed by atoms with van der Waals surface area (Å²) in [5.41, 5.74) is 0.0395. The Kier molecular flexibility index (Phi) is 2.70. The molecule has 102 valence electrons. The van der Waals surface area contributed by atoms with Crippen molar-refractivity contribution in [3.8, 4) is 11.4 Å². The molecule has 0 atom stereocenters. The summed E-state index contributed by atoms with van der Waals surface area (Å²) in [5.74, 6) is -1.09. The maximum atomic E-state index is 11.9. The van der Waals surface area contributed by atoms with E-state index in [2.05, 4.69) is 25.9 Å². The minimum atomic E-state index is -1.24. The first-order valence-electron chi connectivity index (χ1n) is 6.00. The van der Waals surface area contributed by atoms with E-state index in [1.165, 1.54) is 0 Å². The van der Waals surface area contributed by atoms with Crippen molar-refractivity contribution >= 4 is 17.6 Å². The number of aliphatic carboxylic acids is 1. The monoisotopic (exact) mass is 273 g/mol. The standard InChI is InChI=1S/C12H11N5O3/c18-10(12(5-6-12)11(19)20)13-8-3-1-7(2-4-8)9-14-16-17-15-9/h1-4H,5-6H2,(H,13,18)(H,19,20)(H,14,15,16,17). The number of anilines is 1. The molecular formula is C12H11N5O3. The number of H-pyrrole nitrogens is 1. The van der Waals surface area contributed by atoms with E-state index < -0.39 is 17.3 Å². The van der Waals surface area contributed by atoms with Gasteiger partial charge in [0, 0.05) is 11.3 Å². The molecule has 1 aromatic heterocycles. The van der Waals surface area contributed by atoms with Crippen molar-refractivity contribution in [3.63, 3.8) is 0 Å². The zero-order valence-electron chi connectivity index (χ0n) is 10.3. The van der Waals surface area contributed by atoms with Crippen molar-refractivity contribution in [2.45, 2.75) is 12.8 Å². The van der Waals surface area contributed by atoms with Crippen molar-refractivity contribution < 1.29 is 14.7 Å². The molecule has 1 amide bonds. The highest BCUT2D eigenvalue weighted by Crippen LogP contribution is 2.46. The number of aromatic amines is 1. The van der Waals surface area contributed by atoms with Crippen LogP contribution in [0, 0.1) is 5.41 Å². The van der Waals surface area contributed by atoms with Gasteiger partial charge in [-0.1, -0.05) is 0 Å². The van der Waals surface area contributed by atoms with E-state index in [4.69, 9.17) is 5.11 Å². The lowest BCUT2D eigenvalue weighted by Gasteiger charge is -2.10. The van der Waals surface area contributed by atoms with Gasteiger partial charge in [0.1, 0.15) is 5.41 Å². The minimum Gasteiger partial charge on any atom is -0.480 e. The number of hydrogen-bond acceptors (Lipinski definition) is 5. The molecular weight excluding hydrogens is 262 g/mol. The van der Waals surface area contributed by atoms with Crippen molar-refractivity contribution in [2.24, 2.45) is 5.41 Å². The fraction of sp³-hybridized carbons (Fsp3) is 0.250. The first-order chi connectivity index (χ1) is 9.62. The van der Waals surface area contributed by atoms with Crippen molar-refractivity contribution in [1.82, 2.24) is 20.6 Å². The second-order valence-electron chi connectivity index (χ2n) is 4.65. The van der Waals surface area contributed by atoms with Crippen LogP contribution in [0.15, 0.2) is 24.3 Å². The van der Waals surface area contributed by atoms with E-state index >= 15 is 0 Å². The normalized spacial score (nSPS) is 15.6. The Morgan fingerprint density at radius 1 is 1.25 bits per heavy atom. The number of hydrogen-bond donors (Lipinski definition) is 3. The average Bonchev–Trinajstić information content (AvgIpc) is 3.09. The Balaban J connectivity index is 1.73. The molecule has 20 heavy (non-hydrogen) atoms. The lowest BCUT2D eigenvalue weighted by Crippen LogP contribution is -2.31. The Labute approximate surface area is 113 Å². The Hall–Kier alpha value is -2.77. The van der Waals surface area contributed by atoms with Crippen molar-refractivity contribution in [3.05, 3.63) is 24.3 Å². The van der Waals surface area contributed by atoms with Crippen LogP contribution in [-0.4, -0.2) is 37.6 Å². The van der Waals surface area contributed by atoms with E-state index in [0.29, 0.717) is 24.4 Å². The number of carbonyl (C=O) groups excluding carboxylic acids is 1. The maximum absolute atomic E-state index is 11.9. The molecule has 1 fully saturated rings. The molecule has 0 radical (unpaired) electrons. The van der Waals surface area contributed by atoms with Crippen LogP contribution in [0.1, 0.15) is 12.8 Å². The fourth-order valence-electron chi connectivity index (χ4n) is 1.90. The summed E-state index contributed by atoms with van der Waals surface area (Å²) in [6.45, 7) is 0. The van der Waals surface area contributed by atoms with E-state index in [-0.39, 0.29) is 0 Å². The summed E-state index contributed by atoms with van der Waals surface area (Å²) in [5, 5.41) is 25.1. The Bertz CT molecular complexity index is 646. The SMILES string of the molecule is O=C(O)C1(C(=O)Nc2ccc(-c3nn[nH]n3)cc2)CC1. The molecule has 0 saturated heterocycles. The largest absolute Gasteiger partial charge is 0.480 e. The molecule has 1 aliphatic carbocycles. The Morgan fingerprint density at radius 3 is 2.45 bits per heavy atom. The first-order valence-corrected chi connectivity index (χ1v) is 6.00. The van der Waals surface area contributed by atoms with Gasteiger partial charge in [0.2, 0.25) is 11.7 Å². The van der Waals surface area contributed by atoms with E-state index in [0.717, 1.165) is 5.56 Å². The highest BCUT2D eigenvalue weighted by molar-refractivity contribution is 6.10. The van der Waals surface area contributed by atoms with Gasteiger partial charge in [0.05, 0.1) is 0 Å². The molecule has 8 heteroatoms. The molecule has 3 N–H and O–H groups in total. The number of nitrogens with zero attached hydrogens (tertiary/aromatic N) is 3. The van der Waals surface area contributed by atoms with Crippen LogP contribution in [0.2, 0.25) is 0 Å². The fourth-order valence-corrected chi connectivity index (χ4v) is 1.90. The smallest absolute Gasteiger partial charge is 0.319 e. The lowest BCUT2D eigenvalue weighted by molar-refractivity contribution is -0.147. The van der Waals surface area contributed by atoms with Crippen molar-refractivity contribution in [1.29, 1.82) is 0 Å². The zero-order chi connectivity index (χ0) is 14.2. The number of nitrogens with one attached hydrogen (secondary N) is 2. The number of carboxylic acid groups (broad SMARTS) is 1. The van der Waals surface area contributed by atoms with Gasteiger partial charge in [-0.25, -0.2) is 0 Å². The second-order valence-corrected chi connectivity index (χ2v) is 4.65. The van der Waals surface area contributed by atoms with Crippen LogP contribution >= 0.6 is 0 Å². The third kappa shape index (κ3) is 2.00. The van der Waals surface area contributed by atoms with Crippen molar-refractivity contribution in [2.75, 3.05) is 5.32 Å². The molecule has 1 saturated carbocycles. The van der Waals surface area contributed by atoms with Crippen LogP contribution in [-0.2, 0) is 9.59 Å². The van der Waals surface area contributed by atoms with E-state index in [9.17, 15) is 9.59 Å². The number of tetrazole rings is 1. The highest BCUT2D eigenvalue weighted by atomic mass is 16.4. The highest BCUT2D eigenvalue weighted by Gasteiger charge is 2.57. The summed E-state index contributed by atoms with van der Waals surface area (Å²) in [7, 11) is 0. The quantitative estimate of drug-likeness (QED) is 0.704. The van der Waals surface area contributed by atoms with Gasteiger partial charge in [-0.15, -0.1) is 10.2 Å². The van der Waals surface area contributed by atoms with Crippen LogP contribution in [0.3, 0.4) is 0 Å². The molecule has 1 heterocycles. The number of aromatic nitrogens is 4. The molecule has 2 aromatic rings. The zero-order valence-corrected chi connectivity index (χ0v) is 10.3. The van der Waals surface area contributed by atoms with Gasteiger partial charge in [0.15, 0.2) is 0 Å². The van der Waals surface area contributed by atoms with E-state index in [1.807, 2.05) is 0 Å². The molecule has 0 unspecified atom stereocenters. The molecule has 0 spiro atoms. The third-order valence-corrected chi connectivity index (χ3v) is 3.34. The van der Waals surface area contributed by atoms with Gasteiger partial charge >= 0.3 is 5.97 Å². The topological polar surface area (TPSA) is 121 Å². The van der Waals surface area contributed by atoms with Crippen LogP contribution < -0.4 is 5.32 Å². The number of amides is 1. The summed E-state index contributed by atoms with van der Waals surface area (Å²) in [4.78, 5) is 23.0. The molecule has 0 bridgehead atoms. The van der Waals surface area contributed by atoms with Crippen LogP contribution in [0.5, 0.6) is 0 Å². The van der Waals surface area contributed by atoms with Gasteiger partial charge in [0.25, 0.3) is 0 Å². The van der Waals surface area contributed by atoms with Gasteiger partial charge < -0.3 is 10.4 Å². The van der Waals surface area contributed by atoms with Crippen LogP contribution in [0.4, 0.5) is 5.69 Å². The lowest BCUT2D eigenvalue weighted by atomic mass is 10.1. The molecule has 0 aliphatic heterocycles. The molecule has 8 nitrogen and oxygen atoms in total. The summed E-state index contributed by atoms with van der Waals surface area (Å²) in [6.07, 6.45) is 0.768. The first kappa shape index (κ1) is 12.3. The number of carbonyl (C=O) groups is 2. The minimum absolute atomic E-state index is 0.384. The van der Waals surface area contributed by atoms with Gasteiger partial charge in [-0.3, -0.25) is 9.59 Å². The predicted molar refractivity (Wildman–Crippen MR) is 67.5 cm³/mol. The predicted octanol–water partition coefficient (Wildman–Crippen LogP) is 0.670. The summed E-state index contributed by atoms with van der Waals surface area (Å²) >= 11 is 0. The third-order valence-electron chi connectivity index (χ3n) is 3.34. The molecule has 1 aromatic carbocycles. The average molecular weight is 273 g/mol. The van der Waals surface area contributed by atoms with Gasteiger partial charge in [-0.05, 0) is 42.3 Å². The maximum Gasteiger partial charge on any atom is 0.319 e. The second kappa shape index (κ2) is 4.41. The summed E-state index contributed by atoms with van der Waals surface area (Å²) < 4.78 is 0. The number of carboxylic acids is 1. The molecule has 3 rings (SSSR count). The number of benzene rings is 1. The van der Waals surface area contributed by atoms with Crippen LogP contribution in [0.25, 0.3) is 11.4 Å². The Morgan fingerprint density at radius 2 is 1.95 bits per heavy atom. The van der Waals surface area contributed by atoms with E-state index in [1.54, 1.807) is 24.3 Å². The van der Waals surface area contributed by atoms with Gasteiger partial charge in [-0.2, -0.15) is 5.21 Å².